The van der Waals surface area contributed by atoms with Crippen molar-refractivity contribution in [2.75, 3.05) is 6.61 Å². The van der Waals surface area contributed by atoms with Gasteiger partial charge in [0.2, 0.25) is 5.91 Å². The van der Waals surface area contributed by atoms with Crippen molar-refractivity contribution in [3.05, 3.63) is 69.9 Å². The van der Waals surface area contributed by atoms with Crippen LogP contribution in [0.25, 0.3) is 0 Å². The number of ether oxygens (including phenoxy) is 1. The van der Waals surface area contributed by atoms with E-state index in [1.165, 1.54) is 17.8 Å². The Morgan fingerprint density at radius 2 is 2.16 bits per heavy atom. The van der Waals surface area contributed by atoms with Gasteiger partial charge >= 0.3 is 5.97 Å². The molecule has 2 aliphatic rings. The molecular weight excluding hydrogens is 434 g/mol. The Kier molecular flexibility index (Phi) is 7.62. The molecule has 0 aromatic heterocycles. The minimum Gasteiger partial charge on any atom is -0.458 e. The second-order valence-corrected chi connectivity index (χ2v) is 8.60. The first-order valence-corrected chi connectivity index (χ1v) is 11.4. The molecule has 0 saturated heterocycles. The van der Waals surface area contributed by atoms with Gasteiger partial charge in [-0.05, 0) is 37.3 Å². The van der Waals surface area contributed by atoms with Crippen molar-refractivity contribution in [1.82, 2.24) is 10.2 Å². The first kappa shape index (κ1) is 23.2. The average molecular weight is 460 g/mol. The van der Waals surface area contributed by atoms with E-state index in [1.807, 2.05) is 42.4 Å². The Morgan fingerprint density at radius 3 is 2.84 bits per heavy atom. The number of aliphatic imine (C=N–C) groups is 1. The van der Waals surface area contributed by atoms with Crippen LogP contribution in [0, 0.1) is 0 Å². The average Bonchev–Trinajstić information content (AvgIpc) is 3.13. The number of halogens is 1. The van der Waals surface area contributed by atoms with Crippen LogP contribution in [0.4, 0.5) is 0 Å². The summed E-state index contributed by atoms with van der Waals surface area (Å²) in [6.45, 7) is 9.47. The minimum absolute atomic E-state index is 0.0811. The standard InChI is InChI=1S/C23H26ClN3O3S/c1-5-11-30-22(29)20-15(4)26-23-27(21(20)17-9-7-8-10-18(17)24)16(13-31-23)12-19(28)25-14(3)6-2/h5,7-10,13-14,21H,1,6,11-12H2,2-4H3,(H,25,28)/t14-,21-/m0/s1. The number of fused-ring (bicyclic) bond motifs is 1. The third-order valence-electron chi connectivity index (χ3n) is 5.11. The van der Waals surface area contributed by atoms with Crippen molar-refractivity contribution in [3.63, 3.8) is 0 Å². The molecule has 0 radical (unpaired) electrons. The zero-order chi connectivity index (χ0) is 22.5. The zero-order valence-corrected chi connectivity index (χ0v) is 19.4. The van der Waals surface area contributed by atoms with Crippen molar-refractivity contribution in [2.45, 2.75) is 45.7 Å². The van der Waals surface area contributed by atoms with E-state index in [0.717, 1.165) is 17.7 Å². The molecular formula is C23H26ClN3O3S. The van der Waals surface area contributed by atoms with Gasteiger partial charge in [0.25, 0.3) is 0 Å². The Hall–Kier alpha value is -2.51. The van der Waals surface area contributed by atoms with E-state index in [2.05, 4.69) is 16.9 Å². The molecule has 0 bridgehead atoms. The number of esters is 1. The molecule has 0 fully saturated rings. The predicted molar refractivity (Wildman–Crippen MR) is 126 cm³/mol. The first-order chi connectivity index (χ1) is 14.9. The van der Waals surface area contributed by atoms with Crippen LogP contribution in [0.3, 0.4) is 0 Å². The largest absolute Gasteiger partial charge is 0.458 e. The van der Waals surface area contributed by atoms with Crippen LogP contribution in [0.5, 0.6) is 0 Å². The number of nitrogens with one attached hydrogen (secondary N) is 1. The Bertz CT molecular complexity index is 986. The summed E-state index contributed by atoms with van der Waals surface area (Å²) < 4.78 is 5.37. The molecule has 2 aliphatic heterocycles. The Balaban J connectivity index is 2.01. The third kappa shape index (κ3) is 5.05. The predicted octanol–water partition coefficient (Wildman–Crippen LogP) is 4.95. The van der Waals surface area contributed by atoms with Crippen LogP contribution in [-0.4, -0.2) is 34.6 Å². The summed E-state index contributed by atoms with van der Waals surface area (Å²) in [7, 11) is 0. The molecule has 3 rings (SSSR count). The van der Waals surface area contributed by atoms with Crippen LogP contribution in [0.2, 0.25) is 5.02 Å². The number of benzene rings is 1. The lowest BCUT2D eigenvalue weighted by atomic mass is 9.93. The monoisotopic (exact) mass is 459 g/mol. The Morgan fingerprint density at radius 1 is 1.42 bits per heavy atom. The maximum absolute atomic E-state index is 13.0. The van der Waals surface area contributed by atoms with Gasteiger partial charge in [0.15, 0.2) is 5.17 Å². The fourth-order valence-corrected chi connectivity index (χ4v) is 4.63. The highest BCUT2D eigenvalue weighted by Gasteiger charge is 2.41. The topological polar surface area (TPSA) is 71.0 Å². The maximum atomic E-state index is 13.0. The van der Waals surface area contributed by atoms with E-state index in [1.54, 1.807) is 13.0 Å². The lowest BCUT2D eigenvalue weighted by Crippen LogP contribution is -2.39. The molecule has 0 unspecified atom stereocenters. The molecule has 1 amide bonds. The SMILES string of the molecule is C=CCOC(=O)C1=C(C)N=C2SC=C(CC(=O)N[C@@H](C)CC)N2[C@H]1c1ccccc1Cl. The lowest BCUT2D eigenvalue weighted by Gasteiger charge is -2.36. The number of allylic oxidation sites excluding steroid dienone is 1. The Labute approximate surface area is 192 Å². The second kappa shape index (κ2) is 10.2. The molecule has 0 spiro atoms. The molecule has 1 aromatic rings. The minimum atomic E-state index is -0.545. The van der Waals surface area contributed by atoms with Crippen molar-refractivity contribution < 1.29 is 14.3 Å². The number of carbonyl (C=O) groups excluding carboxylic acids is 2. The smallest absolute Gasteiger partial charge is 0.338 e. The van der Waals surface area contributed by atoms with Crippen molar-refractivity contribution in [2.24, 2.45) is 4.99 Å². The number of rotatable bonds is 8. The van der Waals surface area contributed by atoms with Crippen LogP contribution < -0.4 is 5.32 Å². The summed E-state index contributed by atoms with van der Waals surface area (Å²) in [5, 5.41) is 6.13. The van der Waals surface area contributed by atoms with Gasteiger partial charge in [-0.25, -0.2) is 9.79 Å². The summed E-state index contributed by atoms with van der Waals surface area (Å²) in [4.78, 5) is 32.1. The van der Waals surface area contributed by atoms with E-state index in [9.17, 15) is 9.59 Å². The lowest BCUT2D eigenvalue weighted by molar-refractivity contribution is -0.138. The molecule has 8 heteroatoms. The van der Waals surface area contributed by atoms with E-state index >= 15 is 0 Å². The van der Waals surface area contributed by atoms with Crippen molar-refractivity contribution in [1.29, 1.82) is 0 Å². The number of thioether (sulfide) groups is 1. The molecule has 1 aromatic carbocycles. The van der Waals surface area contributed by atoms with E-state index in [4.69, 9.17) is 16.3 Å². The summed E-state index contributed by atoms with van der Waals surface area (Å²) in [5.74, 6) is -0.562. The number of carbonyl (C=O) groups is 2. The van der Waals surface area contributed by atoms with Gasteiger partial charge in [-0.3, -0.25) is 4.79 Å². The van der Waals surface area contributed by atoms with Gasteiger partial charge in [0.1, 0.15) is 6.61 Å². The molecule has 6 nitrogen and oxygen atoms in total. The molecule has 31 heavy (non-hydrogen) atoms. The summed E-state index contributed by atoms with van der Waals surface area (Å²) in [5.41, 5.74) is 2.47. The van der Waals surface area contributed by atoms with Gasteiger partial charge in [-0.1, -0.05) is 61.1 Å². The normalized spacial score (nSPS) is 18.7. The fourth-order valence-electron chi connectivity index (χ4n) is 3.43. The number of amides is 1. The van der Waals surface area contributed by atoms with Gasteiger partial charge in [0.05, 0.1) is 23.7 Å². The molecule has 0 saturated carbocycles. The van der Waals surface area contributed by atoms with E-state index in [-0.39, 0.29) is 25.0 Å². The summed E-state index contributed by atoms with van der Waals surface area (Å²) in [6, 6.07) is 6.91. The van der Waals surface area contributed by atoms with Gasteiger partial charge in [-0.15, -0.1) is 0 Å². The van der Waals surface area contributed by atoms with E-state index < -0.39 is 12.0 Å². The molecule has 2 heterocycles. The summed E-state index contributed by atoms with van der Waals surface area (Å²) in [6.07, 6.45) is 2.54. The van der Waals surface area contributed by atoms with Crippen LogP contribution >= 0.6 is 23.4 Å². The quantitative estimate of drug-likeness (QED) is 0.440. The molecule has 164 valence electrons. The molecule has 1 N–H and O–H groups in total. The van der Waals surface area contributed by atoms with Crippen molar-refractivity contribution >= 4 is 40.4 Å². The second-order valence-electron chi connectivity index (χ2n) is 7.36. The maximum Gasteiger partial charge on any atom is 0.338 e. The highest BCUT2D eigenvalue weighted by Crippen LogP contribution is 2.46. The summed E-state index contributed by atoms with van der Waals surface area (Å²) >= 11 is 7.98. The third-order valence-corrected chi connectivity index (χ3v) is 6.35. The number of amidine groups is 1. The highest BCUT2D eigenvalue weighted by molar-refractivity contribution is 8.16. The van der Waals surface area contributed by atoms with Gasteiger partial charge in [0, 0.05) is 16.8 Å². The molecule has 2 atom stereocenters. The molecule has 0 aliphatic carbocycles. The van der Waals surface area contributed by atoms with Crippen LogP contribution in [-0.2, 0) is 14.3 Å². The zero-order valence-electron chi connectivity index (χ0n) is 17.9. The van der Waals surface area contributed by atoms with Gasteiger partial charge < -0.3 is 15.0 Å². The van der Waals surface area contributed by atoms with Gasteiger partial charge in [-0.2, -0.15) is 0 Å². The van der Waals surface area contributed by atoms with Crippen LogP contribution in [0.1, 0.15) is 45.2 Å². The number of nitrogens with zero attached hydrogens (tertiary/aromatic N) is 2. The first-order valence-electron chi connectivity index (χ1n) is 10.1. The number of hydrogen-bond donors (Lipinski definition) is 1. The van der Waals surface area contributed by atoms with E-state index in [0.29, 0.717) is 21.5 Å². The van der Waals surface area contributed by atoms with Crippen molar-refractivity contribution in [3.8, 4) is 0 Å². The number of hydrogen-bond acceptors (Lipinski definition) is 6. The highest BCUT2D eigenvalue weighted by atomic mass is 35.5. The van der Waals surface area contributed by atoms with Crippen LogP contribution in [0.15, 0.2) is 64.3 Å². The fraction of sp³-hybridized carbons (Fsp3) is 0.348.